The van der Waals surface area contributed by atoms with E-state index in [9.17, 15) is 4.79 Å². The molecule has 1 spiro atoms. The predicted octanol–water partition coefficient (Wildman–Crippen LogP) is 1.32. The van der Waals surface area contributed by atoms with Crippen LogP contribution in [-0.2, 0) is 4.74 Å². The minimum Gasteiger partial charge on any atom is -0.476 e. The number of carboxylic acids is 1. The van der Waals surface area contributed by atoms with Crippen LogP contribution in [0.25, 0.3) is 0 Å². The smallest absolute Gasteiger partial charge is 0.356 e. The van der Waals surface area contributed by atoms with Gasteiger partial charge < -0.3 is 14.7 Å². The zero-order valence-corrected chi connectivity index (χ0v) is 10.7. The summed E-state index contributed by atoms with van der Waals surface area (Å²) in [5.74, 6) is -0.312. The standard InChI is InChI=1S/C13H17N3O3/c17-12(18)10-3-4-11(15-14-10)16-7-8-19-13(9-16)5-1-2-6-13/h3-4H,1-2,5-9H2,(H,17,18). The summed E-state index contributed by atoms with van der Waals surface area (Å²) >= 11 is 0. The van der Waals surface area contributed by atoms with E-state index in [1.807, 2.05) is 0 Å². The molecule has 1 aliphatic heterocycles. The average Bonchev–Trinajstić information content (AvgIpc) is 2.87. The molecular weight excluding hydrogens is 246 g/mol. The summed E-state index contributed by atoms with van der Waals surface area (Å²) < 4.78 is 5.96. The highest BCUT2D eigenvalue weighted by atomic mass is 16.5. The molecule has 0 amide bonds. The number of nitrogens with zero attached hydrogens (tertiary/aromatic N) is 3. The largest absolute Gasteiger partial charge is 0.476 e. The van der Waals surface area contributed by atoms with Gasteiger partial charge in [0.25, 0.3) is 0 Å². The molecule has 0 atom stereocenters. The number of anilines is 1. The van der Waals surface area contributed by atoms with Crippen LogP contribution < -0.4 is 4.90 Å². The molecule has 1 aliphatic carbocycles. The number of rotatable bonds is 2. The number of carbonyl (C=O) groups is 1. The maximum Gasteiger partial charge on any atom is 0.356 e. The first-order chi connectivity index (χ1) is 9.19. The van der Waals surface area contributed by atoms with Gasteiger partial charge in [0.05, 0.1) is 12.2 Å². The van der Waals surface area contributed by atoms with Gasteiger partial charge in [-0.3, -0.25) is 0 Å². The number of carboxylic acid groups (broad SMARTS) is 1. The molecular formula is C13H17N3O3. The maximum absolute atomic E-state index is 10.8. The van der Waals surface area contributed by atoms with Crippen LogP contribution >= 0.6 is 0 Å². The van der Waals surface area contributed by atoms with Crippen LogP contribution in [-0.4, -0.2) is 46.6 Å². The third-order valence-corrected chi connectivity index (χ3v) is 3.96. The van der Waals surface area contributed by atoms with Gasteiger partial charge in [0.15, 0.2) is 11.5 Å². The first-order valence-electron chi connectivity index (χ1n) is 6.65. The van der Waals surface area contributed by atoms with Crippen molar-refractivity contribution in [3.8, 4) is 0 Å². The topological polar surface area (TPSA) is 75.5 Å². The minimum absolute atomic E-state index is 0.0208. The summed E-state index contributed by atoms with van der Waals surface area (Å²) in [5.41, 5.74) is -0.0432. The highest BCUT2D eigenvalue weighted by molar-refractivity contribution is 5.85. The average molecular weight is 263 g/mol. The van der Waals surface area contributed by atoms with Gasteiger partial charge in [0.2, 0.25) is 0 Å². The third-order valence-electron chi connectivity index (χ3n) is 3.96. The van der Waals surface area contributed by atoms with Gasteiger partial charge in [-0.1, -0.05) is 12.8 Å². The van der Waals surface area contributed by atoms with E-state index in [0.29, 0.717) is 6.61 Å². The van der Waals surface area contributed by atoms with Crippen LogP contribution in [0.3, 0.4) is 0 Å². The first kappa shape index (κ1) is 12.3. The molecule has 1 aromatic heterocycles. The quantitative estimate of drug-likeness (QED) is 0.867. The van der Waals surface area contributed by atoms with Gasteiger partial charge in [-0.25, -0.2) is 4.79 Å². The molecule has 2 aliphatic rings. The molecule has 3 rings (SSSR count). The monoisotopic (exact) mass is 263 g/mol. The van der Waals surface area contributed by atoms with Crippen molar-refractivity contribution in [3.63, 3.8) is 0 Å². The SMILES string of the molecule is O=C(O)c1ccc(N2CCOC3(CCCC3)C2)nn1. The van der Waals surface area contributed by atoms with Gasteiger partial charge in [-0.05, 0) is 25.0 Å². The molecule has 1 N–H and O–H groups in total. The molecule has 2 fully saturated rings. The van der Waals surface area contributed by atoms with Crippen molar-refractivity contribution in [2.75, 3.05) is 24.6 Å². The minimum atomic E-state index is -1.05. The van der Waals surface area contributed by atoms with E-state index in [2.05, 4.69) is 15.1 Å². The summed E-state index contributed by atoms with van der Waals surface area (Å²) in [6.45, 7) is 2.30. The molecule has 6 nitrogen and oxygen atoms in total. The Morgan fingerprint density at radius 2 is 2.11 bits per heavy atom. The molecule has 0 bridgehead atoms. The van der Waals surface area contributed by atoms with E-state index in [1.54, 1.807) is 6.07 Å². The fourth-order valence-corrected chi connectivity index (χ4v) is 2.97. The highest BCUT2D eigenvalue weighted by Gasteiger charge is 2.39. The van der Waals surface area contributed by atoms with Crippen molar-refractivity contribution in [1.82, 2.24) is 10.2 Å². The van der Waals surface area contributed by atoms with Crippen molar-refractivity contribution in [2.45, 2.75) is 31.3 Å². The number of morpholine rings is 1. The third kappa shape index (κ3) is 2.40. The second-order valence-electron chi connectivity index (χ2n) is 5.24. The molecule has 1 saturated heterocycles. The van der Waals surface area contributed by atoms with Crippen molar-refractivity contribution < 1.29 is 14.6 Å². The number of aromatic carboxylic acids is 1. The van der Waals surface area contributed by atoms with Crippen LogP contribution in [0, 0.1) is 0 Å². The van der Waals surface area contributed by atoms with Crippen LogP contribution in [0.15, 0.2) is 12.1 Å². The summed E-state index contributed by atoms with van der Waals surface area (Å²) in [5, 5.41) is 16.6. The molecule has 0 aromatic carbocycles. The van der Waals surface area contributed by atoms with Crippen molar-refractivity contribution in [2.24, 2.45) is 0 Å². The molecule has 0 radical (unpaired) electrons. The number of hydrogen-bond donors (Lipinski definition) is 1. The maximum atomic E-state index is 10.8. The second kappa shape index (κ2) is 4.77. The normalized spacial score (nSPS) is 21.8. The van der Waals surface area contributed by atoms with Gasteiger partial charge in [0.1, 0.15) is 0 Å². The van der Waals surface area contributed by atoms with Gasteiger partial charge in [0, 0.05) is 13.1 Å². The fraction of sp³-hybridized carbons (Fsp3) is 0.615. The Bertz CT molecular complexity index is 469. The van der Waals surface area contributed by atoms with Gasteiger partial charge >= 0.3 is 5.97 Å². The van der Waals surface area contributed by atoms with E-state index in [-0.39, 0.29) is 11.3 Å². The second-order valence-corrected chi connectivity index (χ2v) is 5.24. The Morgan fingerprint density at radius 1 is 1.32 bits per heavy atom. The van der Waals surface area contributed by atoms with Crippen molar-refractivity contribution >= 4 is 11.8 Å². The molecule has 1 saturated carbocycles. The fourth-order valence-electron chi connectivity index (χ4n) is 2.97. The first-order valence-corrected chi connectivity index (χ1v) is 6.65. The number of ether oxygens (including phenoxy) is 1. The number of aromatic nitrogens is 2. The Labute approximate surface area is 111 Å². The van der Waals surface area contributed by atoms with E-state index in [4.69, 9.17) is 9.84 Å². The lowest BCUT2D eigenvalue weighted by Crippen LogP contribution is -2.50. The van der Waals surface area contributed by atoms with Crippen LogP contribution in [0.4, 0.5) is 5.82 Å². The number of hydrogen-bond acceptors (Lipinski definition) is 5. The van der Waals surface area contributed by atoms with Gasteiger partial charge in [-0.2, -0.15) is 0 Å². The summed E-state index contributed by atoms with van der Waals surface area (Å²) in [6, 6.07) is 3.23. The highest BCUT2D eigenvalue weighted by Crippen LogP contribution is 2.36. The van der Waals surface area contributed by atoms with E-state index in [0.717, 1.165) is 31.7 Å². The lowest BCUT2D eigenvalue weighted by atomic mass is 10.00. The van der Waals surface area contributed by atoms with Crippen LogP contribution in [0.1, 0.15) is 36.2 Å². The summed E-state index contributed by atoms with van der Waals surface area (Å²) in [6.07, 6.45) is 4.64. The zero-order valence-electron chi connectivity index (χ0n) is 10.7. The predicted molar refractivity (Wildman–Crippen MR) is 68.4 cm³/mol. The zero-order chi connectivity index (χ0) is 13.3. The van der Waals surface area contributed by atoms with E-state index >= 15 is 0 Å². The molecule has 19 heavy (non-hydrogen) atoms. The lowest BCUT2D eigenvalue weighted by molar-refractivity contribution is -0.0503. The summed E-state index contributed by atoms with van der Waals surface area (Å²) in [4.78, 5) is 12.9. The van der Waals surface area contributed by atoms with E-state index < -0.39 is 5.97 Å². The molecule has 102 valence electrons. The molecule has 2 heterocycles. The lowest BCUT2D eigenvalue weighted by Gasteiger charge is -2.40. The van der Waals surface area contributed by atoms with Crippen LogP contribution in [0.2, 0.25) is 0 Å². The Kier molecular flexibility index (Phi) is 3.10. The van der Waals surface area contributed by atoms with E-state index in [1.165, 1.54) is 18.9 Å². The molecule has 1 aromatic rings. The van der Waals surface area contributed by atoms with Crippen molar-refractivity contribution in [3.05, 3.63) is 17.8 Å². The van der Waals surface area contributed by atoms with Crippen molar-refractivity contribution in [1.29, 1.82) is 0 Å². The van der Waals surface area contributed by atoms with Crippen LogP contribution in [0.5, 0.6) is 0 Å². The molecule has 6 heteroatoms. The Balaban J connectivity index is 1.76. The Hall–Kier alpha value is -1.69. The molecule has 0 unspecified atom stereocenters. The Morgan fingerprint density at radius 3 is 2.74 bits per heavy atom. The summed E-state index contributed by atoms with van der Waals surface area (Å²) in [7, 11) is 0. The van der Waals surface area contributed by atoms with Gasteiger partial charge in [-0.15, -0.1) is 10.2 Å².